The molecule has 2 fully saturated rings. The van der Waals surface area contributed by atoms with Crippen LogP contribution in [0.25, 0.3) is 0 Å². The average Bonchev–Trinajstić information content (AvgIpc) is 2.96. The van der Waals surface area contributed by atoms with E-state index in [9.17, 15) is 4.79 Å². The van der Waals surface area contributed by atoms with E-state index < -0.39 is 5.79 Å². The summed E-state index contributed by atoms with van der Waals surface area (Å²) < 4.78 is 17.2. The topological polar surface area (TPSA) is 48.0 Å². The smallest absolute Gasteiger partial charge is 0.340 e. The summed E-state index contributed by atoms with van der Waals surface area (Å²) in [6, 6.07) is 5.69. The van der Waals surface area contributed by atoms with Crippen LogP contribution in [0.2, 0.25) is 0 Å². The van der Waals surface area contributed by atoms with Crippen molar-refractivity contribution >= 4 is 27.6 Å². The molecule has 0 atom stereocenters. The molecule has 2 saturated heterocycles. The van der Waals surface area contributed by atoms with Gasteiger partial charge in [-0.3, -0.25) is 0 Å². The van der Waals surface area contributed by atoms with Gasteiger partial charge in [-0.1, -0.05) is 15.9 Å². The lowest BCUT2D eigenvalue weighted by Crippen LogP contribution is -2.45. The molecule has 0 bridgehead atoms. The minimum atomic E-state index is -0.405. The van der Waals surface area contributed by atoms with Crippen molar-refractivity contribution in [1.82, 2.24) is 0 Å². The number of carbonyl (C=O) groups is 1. The van der Waals surface area contributed by atoms with Gasteiger partial charge in [0.25, 0.3) is 0 Å². The molecule has 6 heteroatoms. The number of esters is 1. The molecule has 0 aromatic heterocycles. The van der Waals surface area contributed by atoms with E-state index in [1.54, 1.807) is 6.07 Å². The first-order valence-electron chi connectivity index (χ1n) is 7.04. The van der Waals surface area contributed by atoms with Gasteiger partial charge in [0, 0.05) is 30.4 Å². The van der Waals surface area contributed by atoms with E-state index in [0.717, 1.165) is 36.1 Å². The zero-order valence-electron chi connectivity index (χ0n) is 11.9. The normalized spacial score (nSPS) is 20.8. The molecule has 0 N–H and O–H groups in total. The number of anilines is 1. The zero-order valence-corrected chi connectivity index (χ0v) is 13.5. The van der Waals surface area contributed by atoms with Gasteiger partial charge in [-0.05, 0) is 18.2 Å². The molecule has 1 aromatic carbocycles. The molecule has 0 aliphatic carbocycles. The molecule has 2 aliphatic rings. The van der Waals surface area contributed by atoms with Crippen LogP contribution in [0.15, 0.2) is 22.7 Å². The summed E-state index contributed by atoms with van der Waals surface area (Å²) >= 11 is 3.40. The van der Waals surface area contributed by atoms with Crippen molar-refractivity contribution in [3.63, 3.8) is 0 Å². The average molecular weight is 356 g/mol. The van der Waals surface area contributed by atoms with Gasteiger partial charge in [-0.2, -0.15) is 0 Å². The summed E-state index contributed by atoms with van der Waals surface area (Å²) in [6.45, 7) is 2.94. The summed E-state index contributed by atoms with van der Waals surface area (Å²) in [4.78, 5) is 14.1. The first-order chi connectivity index (χ1) is 10.1. The minimum Gasteiger partial charge on any atom is -0.465 e. The predicted octanol–water partition coefficient (Wildman–Crippen LogP) is 2.58. The zero-order chi connectivity index (χ0) is 14.9. The largest absolute Gasteiger partial charge is 0.465 e. The van der Waals surface area contributed by atoms with Gasteiger partial charge in [0.15, 0.2) is 5.79 Å². The second kappa shape index (κ2) is 5.94. The fraction of sp³-hybridized carbons (Fsp3) is 0.533. The van der Waals surface area contributed by atoms with Crippen molar-refractivity contribution in [2.45, 2.75) is 18.6 Å². The highest BCUT2D eigenvalue weighted by atomic mass is 79.9. The number of hydrogen-bond acceptors (Lipinski definition) is 5. The first kappa shape index (κ1) is 14.8. The fourth-order valence-electron chi connectivity index (χ4n) is 2.93. The molecule has 0 unspecified atom stereocenters. The second-order valence-electron chi connectivity index (χ2n) is 5.25. The fourth-order valence-corrected chi connectivity index (χ4v) is 3.29. The van der Waals surface area contributed by atoms with Gasteiger partial charge in [-0.15, -0.1) is 0 Å². The number of hydrogen-bond donors (Lipinski definition) is 0. The van der Waals surface area contributed by atoms with Gasteiger partial charge in [0.1, 0.15) is 0 Å². The van der Waals surface area contributed by atoms with Crippen LogP contribution >= 0.6 is 15.9 Å². The first-order valence-corrected chi connectivity index (χ1v) is 7.84. The van der Waals surface area contributed by atoms with E-state index in [1.165, 1.54) is 7.11 Å². The van der Waals surface area contributed by atoms with Crippen LogP contribution in [0, 0.1) is 0 Å². The molecule has 5 nitrogen and oxygen atoms in total. The molecule has 0 radical (unpaired) electrons. The minimum absolute atomic E-state index is 0.319. The van der Waals surface area contributed by atoms with E-state index in [0.29, 0.717) is 18.8 Å². The van der Waals surface area contributed by atoms with Gasteiger partial charge < -0.3 is 19.1 Å². The lowest BCUT2D eigenvalue weighted by Gasteiger charge is -2.39. The molecule has 0 saturated carbocycles. The highest BCUT2D eigenvalue weighted by Crippen LogP contribution is 2.35. The number of ether oxygens (including phenoxy) is 3. The Morgan fingerprint density at radius 1 is 1.29 bits per heavy atom. The van der Waals surface area contributed by atoms with Gasteiger partial charge in [0.05, 0.1) is 31.6 Å². The Bertz CT molecular complexity index is 532. The highest BCUT2D eigenvalue weighted by molar-refractivity contribution is 9.10. The third kappa shape index (κ3) is 2.93. The van der Waals surface area contributed by atoms with Crippen molar-refractivity contribution in [2.24, 2.45) is 0 Å². The maximum absolute atomic E-state index is 12.0. The molecule has 1 spiro atoms. The summed E-state index contributed by atoms with van der Waals surface area (Å²) in [6.07, 6.45) is 1.62. The van der Waals surface area contributed by atoms with Crippen LogP contribution in [0.4, 0.5) is 5.69 Å². The summed E-state index contributed by atoms with van der Waals surface area (Å²) in [5.74, 6) is -0.725. The molecule has 0 amide bonds. The molecule has 114 valence electrons. The van der Waals surface area contributed by atoms with Crippen LogP contribution in [-0.4, -0.2) is 45.2 Å². The van der Waals surface area contributed by atoms with E-state index in [-0.39, 0.29) is 5.97 Å². The predicted molar refractivity (Wildman–Crippen MR) is 81.6 cm³/mol. The van der Waals surface area contributed by atoms with Crippen molar-refractivity contribution in [2.75, 3.05) is 38.3 Å². The maximum Gasteiger partial charge on any atom is 0.340 e. The number of halogens is 1. The SMILES string of the molecule is COC(=O)c1cc(Br)ccc1N1CCC2(CC1)OCCO2. The Morgan fingerprint density at radius 2 is 1.95 bits per heavy atom. The molecule has 1 aromatic rings. The summed E-state index contributed by atoms with van der Waals surface area (Å²) in [5, 5.41) is 0. The summed E-state index contributed by atoms with van der Waals surface area (Å²) in [5.41, 5.74) is 1.48. The Hall–Kier alpha value is -1.11. The standard InChI is InChI=1S/C15H18BrNO4/c1-19-14(18)12-10-11(16)2-3-13(12)17-6-4-15(5-7-17)20-8-9-21-15/h2-3,10H,4-9H2,1H3. The molecular formula is C15H18BrNO4. The van der Waals surface area contributed by atoms with Gasteiger partial charge in [-0.25, -0.2) is 4.79 Å². The molecule has 2 heterocycles. The summed E-state index contributed by atoms with van der Waals surface area (Å²) in [7, 11) is 1.40. The van der Waals surface area contributed by atoms with Crippen LogP contribution in [0.5, 0.6) is 0 Å². The Labute approximate surface area is 132 Å². The second-order valence-corrected chi connectivity index (χ2v) is 6.16. The number of benzene rings is 1. The number of nitrogens with zero attached hydrogens (tertiary/aromatic N) is 1. The van der Waals surface area contributed by atoms with E-state index in [2.05, 4.69) is 20.8 Å². The van der Waals surface area contributed by atoms with Crippen LogP contribution in [0.3, 0.4) is 0 Å². The van der Waals surface area contributed by atoms with E-state index in [1.807, 2.05) is 12.1 Å². The molecule has 2 aliphatic heterocycles. The van der Waals surface area contributed by atoms with Crippen molar-refractivity contribution < 1.29 is 19.0 Å². The lowest BCUT2D eigenvalue weighted by molar-refractivity contribution is -0.169. The highest BCUT2D eigenvalue weighted by Gasteiger charge is 2.40. The maximum atomic E-state index is 12.0. The quantitative estimate of drug-likeness (QED) is 0.763. The van der Waals surface area contributed by atoms with Crippen LogP contribution in [0.1, 0.15) is 23.2 Å². The molecular weight excluding hydrogens is 338 g/mol. The number of carbonyl (C=O) groups excluding carboxylic acids is 1. The van der Waals surface area contributed by atoms with Crippen LogP contribution < -0.4 is 4.90 Å². The Balaban J connectivity index is 1.80. The van der Waals surface area contributed by atoms with Crippen molar-refractivity contribution in [3.8, 4) is 0 Å². The number of methoxy groups -OCH3 is 1. The van der Waals surface area contributed by atoms with Crippen LogP contribution in [-0.2, 0) is 14.2 Å². The van der Waals surface area contributed by atoms with E-state index in [4.69, 9.17) is 14.2 Å². The van der Waals surface area contributed by atoms with Gasteiger partial charge in [0.2, 0.25) is 0 Å². The third-order valence-electron chi connectivity index (χ3n) is 4.04. The van der Waals surface area contributed by atoms with Crippen molar-refractivity contribution in [3.05, 3.63) is 28.2 Å². The lowest BCUT2D eigenvalue weighted by atomic mass is 10.0. The van der Waals surface area contributed by atoms with Gasteiger partial charge >= 0.3 is 5.97 Å². The number of rotatable bonds is 2. The monoisotopic (exact) mass is 355 g/mol. The molecule has 3 rings (SSSR count). The Kier molecular flexibility index (Phi) is 4.19. The number of piperidine rings is 1. The third-order valence-corrected chi connectivity index (χ3v) is 4.54. The Morgan fingerprint density at radius 3 is 2.57 bits per heavy atom. The van der Waals surface area contributed by atoms with E-state index >= 15 is 0 Å². The molecule has 21 heavy (non-hydrogen) atoms. The van der Waals surface area contributed by atoms with Crippen molar-refractivity contribution in [1.29, 1.82) is 0 Å².